The van der Waals surface area contributed by atoms with E-state index in [1.807, 2.05) is 19.9 Å². The topological polar surface area (TPSA) is 72.6 Å². The summed E-state index contributed by atoms with van der Waals surface area (Å²) in [5, 5.41) is 0. The number of nitrogens with zero attached hydrogens (tertiary/aromatic N) is 1. The fourth-order valence-corrected chi connectivity index (χ4v) is 4.32. The summed E-state index contributed by atoms with van der Waals surface area (Å²) >= 11 is 0. The third-order valence-corrected chi connectivity index (χ3v) is 5.61. The van der Waals surface area contributed by atoms with Gasteiger partial charge in [-0.15, -0.1) is 0 Å². The van der Waals surface area contributed by atoms with Crippen LogP contribution in [-0.4, -0.2) is 38.0 Å². The Morgan fingerprint density at radius 2 is 2.10 bits per heavy atom. The lowest BCUT2D eigenvalue weighted by Gasteiger charge is -2.37. The van der Waals surface area contributed by atoms with Crippen LogP contribution in [0.5, 0.6) is 0 Å². The molecule has 0 aliphatic carbocycles. The van der Waals surface area contributed by atoms with Crippen LogP contribution in [-0.2, 0) is 21.3 Å². The van der Waals surface area contributed by atoms with Gasteiger partial charge >= 0.3 is 0 Å². The van der Waals surface area contributed by atoms with Crippen molar-refractivity contribution >= 4 is 10.0 Å². The molecule has 1 aromatic carbocycles. The predicted octanol–water partition coefficient (Wildman–Crippen LogP) is 1.25. The lowest BCUT2D eigenvalue weighted by atomic mass is 10.1. The standard InChI is InChI=1S/C14H22N2O3S/c1-11-12(9-15)5-4-6-13(11)20(17,18)16-7-8-19-14(2,3)10-16/h4-6H,7-10,15H2,1-3H3. The van der Waals surface area contributed by atoms with E-state index < -0.39 is 15.6 Å². The number of nitrogens with two attached hydrogens (primary N) is 1. The molecule has 6 heteroatoms. The summed E-state index contributed by atoms with van der Waals surface area (Å²) in [6, 6.07) is 5.25. The number of morpholine rings is 1. The van der Waals surface area contributed by atoms with Crippen LogP contribution in [0.1, 0.15) is 25.0 Å². The minimum atomic E-state index is -3.50. The second kappa shape index (κ2) is 5.44. The second-order valence-corrected chi connectivity index (χ2v) is 7.60. The van der Waals surface area contributed by atoms with Crippen LogP contribution in [0.15, 0.2) is 23.1 Å². The van der Waals surface area contributed by atoms with E-state index in [9.17, 15) is 8.42 Å². The van der Waals surface area contributed by atoms with Gasteiger partial charge in [-0.3, -0.25) is 0 Å². The van der Waals surface area contributed by atoms with Crippen molar-refractivity contribution in [2.45, 2.75) is 37.8 Å². The summed E-state index contributed by atoms with van der Waals surface area (Å²) in [4.78, 5) is 0.346. The molecule has 0 bridgehead atoms. The average Bonchev–Trinajstić information content (AvgIpc) is 2.37. The summed E-state index contributed by atoms with van der Waals surface area (Å²) in [6.07, 6.45) is 0. The minimum absolute atomic E-state index is 0.337. The van der Waals surface area contributed by atoms with E-state index in [0.717, 1.165) is 11.1 Å². The molecule has 0 amide bonds. The fourth-order valence-electron chi connectivity index (χ4n) is 2.48. The SMILES string of the molecule is Cc1c(CN)cccc1S(=O)(=O)N1CCOC(C)(C)C1. The van der Waals surface area contributed by atoms with Crippen molar-refractivity contribution in [3.05, 3.63) is 29.3 Å². The van der Waals surface area contributed by atoms with Gasteiger partial charge in [0.05, 0.1) is 17.1 Å². The van der Waals surface area contributed by atoms with Gasteiger partial charge in [0.1, 0.15) is 0 Å². The van der Waals surface area contributed by atoms with Crippen LogP contribution in [0.3, 0.4) is 0 Å². The highest BCUT2D eigenvalue weighted by Gasteiger charge is 2.35. The molecule has 1 fully saturated rings. The van der Waals surface area contributed by atoms with Crippen molar-refractivity contribution < 1.29 is 13.2 Å². The van der Waals surface area contributed by atoms with Crippen molar-refractivity contribution in [1.29, 1.82) is 0 Å². The van der Waals surface area contributed by atoms with Gasteiger partial charge in [-0.05, 0) is 38.0 Å². The lowest BCUT2D eigenvalue weighted by Crippen LogP contribution is -2.50. The second-order valence-electron chi connectivity index (χ2n) is 5.69. The molecule has 5 nitrogen and oxygen atoms in total. The maximum atomic E-state index is 12.8. The number of sulfonamides is 1. The molecule has 2 rings (SSSR count). The maximum absolute atomic E-state index is 12.8. The lowest BCUT2D eigenvalue weighted by molar-refractivity contribution is -0.0640. The zero-order valence-electron chi connectivity index (χ0n) is 12.2. The van der Waals surface area contributed by atoms with Crippen LogP contribution in [0.2, 0.25) is 0 Å². The zero-order valence-corrected chi connectivity index (χ0v) is 13.0. The molecule has 0 spiro atoms. The molecule has 0 aromatic heterocycles. The van der Waals surface area contributed by atoms with Gasteiger partial charge in [0.25, 0.3) is 0 Å². The highest BCUT2D eigenvalue weighted by Crippen LogP contribution is 2.26. The van der Waals surface area contributed by atoms with E-state index in [1.54, 1.807) is 19.1 Å². The number of rotatable bonds is 3. The average molecular weight is 298 g/mol. The number of hydrogen-bond donors (Lipinski definition) is 1. The Kier molecular flexibility index (Phi) is 4.20. The normalized spacial score (nSPS) is 20.0. The van der Waals surface area contributed by atoms with Crippen LogP contribution >= 0.6 is 0 Å². The van der Waals surface area contributed by atoms with E-state index in [0.29, 0.717) is 31.1 Å². The van der Waals surface area contributed by atoms with Crippen molar-refractivity contribution in [2.75, 3.05) is 19.7 Å². The molecule has 112 valence electrons. The fraction of sp³-hybridized carbons (Fsp3) is 0.571. The number of hydrogen-bond acceptors (Lipinski definition) is 4. The highest BCUT2D eigenvalue weighted by atomic mass is 32.2. The summed E-state index contributed by atoms with van der Waals surface area (Å²) in [5.74, 6) is 0. The highest BCUT2D eigenvalue weighted by molar-refractivity contribution is 7.89. The zero-order chi connectivity index (χ0) is 15.0. The smallest absolute Gasteiger partial charge is 0.243 e. The van der Waals surface area contributed by atoms with E-state index in [-0.39, 0.29) is 0 Å². The van der Waals surface area contributed by atoms with Gasteiger partial charge in [0.2, 0.25) is 10.0 Å². The maximum Gasteiger partial charge on any atom is 0.243 e. The molecule has 0 radical (unpaired) electrons. The van der Waals surface area contributed by atoms with Crippen LogP contribution in [0.25, 0.3) is 0 Å². The molecule has 0 unspecified atom stereocenters. The Morgan fingerprint density at radius 3 is 2.70 bits per heavy atom. The molecule has 2 N–H and O–H groups in total. The third kappa shape index (κ3) is 2.88. The molecule has 0 atom stereocenters. The molecular weight excluding hydrogens is 276 g/mol. The first-order valence-electron chi connectivity index (χ1n) is 6.70. The summed E-state index contributed by atoms with van der Waals surface area (Å²) in [7, 11) is -3.50. The number of ether oxygens (including phenoxy) is 1. The Labute approximate surface area is 120 Å². The van der Waals surface area contributed by atoms with Crippen molar-refractivity contribution in [3.8, 4) is 0 Å². The van der Waals surface area contributed by atoms with E-state index in [2.05, 4.69) is 0 Å². The summed E-state index contributed by atoms with van der Waals surface area (Å²) in [6.45, 7) is 7.11. The van der Waals surface area contributed by atoms with E-state index >= 15 is 0 Å². The predicted molar refractivity (Wildman–Crippen MR) is 77.9 cm³/mol. The van der Waals surface area contributed by atoms with E-state index in [4.69, 9.17) is 10.5 Å². The van der Waals surface area contributed by atoms with Gasteiger partial charge in [-0.25, -0.2) is 8.42 Å². The quantitative estimate of drug-likeness (QED) is 0.911. The molecule has 1 saturated heterocycles. The van der Waals surface area contributed by atoms with Crippen LogP contribution in [0.4, 0.5) is 0 Å². The van der Waals surface area contributed by atoms with Crippen LogP contribution < -0.4 is 5.73 Å². The molecule has 20 heavy (non-hydrogen) atoms. The molecule has 1 heterocycles. The molecule has 1 aliphatic rings. The Morgan fingerprint density at radius 1 is 1.40 bits per heavy atom. The molecule has 0 saturated carbocycles. The minimum Gasteiger partial charge on any atom is -0.373 e. The van der Waals surface area contributed by atoms with Crippen molar-refractivity contribution in [2.24, 2.45) is 5.73 Å². The first-order valence-corrected chi connectivity index (χ1v) is 8.14. The van der Waals surface area contributed by atoms with Gasteiger partial charge in [-0.1, -0.05) is 12.1 Å². The Balaban J connectivity index is 2.40. The van der Waals surface area contributed by atoms with Gasteiger partial charge in [0, 0.05) is 19.6 Å². The number of benzene rings is 1. The Hall–Kier alpha value is -0.950. The first-order chi connectivity index (χ1) is 9.28. The van der Waals surface area contributed by atoms with Gasteiger partial charge in [0.15, 0.2) is 0 Å². The monoisotopic (exact) mass is 298 g/mol. The summed E-state index contributed by atoms with van der Waals surface area (Å²) < 4.78 is 32.7. The van der Waals surface area contributed by atoms with E-state index in [1.165, 1.54) is 4.31 Å². The van der Waals surface area contributed by atoms with Gasteiger partial charge in [-0.2, -0.15) is 4.31 Å². The Bertz CT molecular complexity index is 596. The molecule has 1 aromatic rings. The molecule has 1 aliphatic heterocycles. The molecular formula is C14H22N2O3S. The first kappa shape index (κ1) is 15.4. The van der Waals surface area contributed by atoms with Gasteiger partial charge < -0.3 is 10.5 Å². The van der Waals surface area contributed by atoms with Crippen molar-refractivity contribution in [3.63, 3.8) is 0 Å². The van der Waals surface area contributed by atoms with Crippen molar-refractivity contribution in [1.82, 2.24) is 4.31 Å². The largest absolute Gasteiger partial charge is 0.373 e. The van der Waals surface area contributed by atoms with Crippen LogP contribution in [0, 0.1) is 6.92 Å². The summed E-state index contributed by atoms with van der Waals surface area (Å²) in [5.41, 5.74) is 6.80. The third-order valence-electron chi connectivity index (χ3n) is 3.62.